The van der Waals surface area contributed by atoms with Crippen LogP contribution in [0.4, 0.5) is 0 Å². The van der Waals surface area contributed by atoms with E-state index < -0.39 is 43.4 Å². The van der Waals surface area contributed by atoms with Crippen LogP contribution in [-0.2, 0) is 23.7 Å². The second kappa shape index (κ2) is 50.8. The van der Waals surface area contributed by atoms with Crippen LogP contribution < -0.4 is 0 Å². The van der Waals surface area contributed by atoms with Gasteiger partial charge in [-0.05, 0) is 57.8 Å². The van der Waals surface area contributed by atoms with Crippen molar-refractivity contribution in [3.63, 3.8) is 0 Å². The Balaban J connectivity index is 2.15. The van der Waals surface area contributed by atoms with Crippen molar-refractivity contribution in [3.8, 4) is 0 Å². The molecule has 9 heteroatoms. The number of hydrogen-bond donors (Lipinski definition) is 4. The molecular weight excluding hydrogens is 865 g/mol. The summed E-state index contributed by atoms with van der Waals surface area (Å²) in [4.78, 5) is 12.9. The number of carbonyl (C=O) groups excluding carboxylic acids is 1. The van der Waals surface area contributed by atoms with Crippen molar-refractivity contribution in [2.24, 2.45) is 0 Å². The largest absolute Gasteiger partial charge is 0.457 e. The molecule has 9 nitrogen and oxygen atoms in total. The number of ether oxygens (including phenoxy) is 4. The highest BCUT2D eigenvalue weighted by Gasteiger charge is 2.44. The lowest BCUT2D eigenvalue weighted by molar-refractivity contribution is -0.305. The molecule has 1 heterocycles. The molecule has 1 rings (SSSR count). The van der Waals surface area contributed by atoms with Crippen molar-refractivity contribution in [2.45, 2.75) is 288 Å². The zero-order valence-corrected chi connectivity index (χ0v) is 44.6. The highest BCUT2D eigenvalue weighted by molar-refractivity contribution is 5.69. The number of rotatable bonds is 50. The van der Waals surface area contributed by atoms with Gasteiger partial charge in [0, 0.05) is 13.0 Å². The fourth-order valence-corrected chi connectivity index (χ4v) is 8.76. The van der Waals surface area contributed by atoms with Gasteiger partial charge in [0.15, 0.2) is 6.29 Å². The Morgan fingerprint density at radius 1 is 0.478 bits per heavy atom. The summed E-state index contributed by atoms with van der Waals surface area (Å²) < 4.78 is 23.0. The lowest BCUT2D eigenvalue weighted by atomic mass is 9.99. The predicted octanol–water partition coefficient (Wildman–Crippen LogP) is 15.0. The first-order chi connectivity index (χ1) is 33.9. The maximum atomic E-state index is 12.9. The van der Waals surface area contributed by atoms with Crippen molar-refractivity contribution in [1.29, 1.82) is 0 Å². The standard InChI is InChI=1S/C60H108O9/c1-3-5-7-9-11-13-15-17-19-21-23-25-26-27-28-29-30-32-34-36-38-40-42-44-46-48-50-66-52-54(53-67-60-59(65)58(64)57(63)55(51-61)69-60)68-56(62)49-47-45-43-41-39-37-35-33-31-24-22-20-18-16-14-12-10-8-6-4-2/h5,7,11,13,17,19,23,25,27-28,54-55,57-61,63-65H,3-4,6,8-10,12,14-16,18,20-22,24,26,29-53H2,1-2H3/b7-5-,13-11-,19-17-,25-23-,28-27-. The van der Waals surface area contributed by atoms with E-state index in [1.54, 1.807) is 0 Å². The van der Waals surface area contributed by atoms with E-state index in [1.165, 1.54) is 167 Å². The minimum atomic E-state index is -1.54. The molecule has 0 aromatic carbocycles. The van der Waals surface area contributed by atoms with Crippen molar-refractivity contribution >= 4 is 5.97 Å². The van der Waals surface area contributed by atoms with Crippen molar-refractivity contribution in [3.05, 3.63) is 60.8 Å². The lowest BCUT2D eigenvalue weighted by Crippen LogP contribution is -2.59. The Bertz CT molecular complexity index is 1240. The summed E-state index contributed by atoms with van der Waals surface area (Å²) in [7, 11) is 0. The average Bonchev–Trinajstić information content (AvgIpc) is 3.35. The van der Waals surface area contributed by atoms with E-state index in [2.05, 4.69) is 74.6 Å². The van der Waals surface area contributed by atoms with E-state index in [9.17, 15) is 25.2 Å². The van der Waals surface area contributed by atoms with Gasteiger partial charge in [-0.25, -0.2) is 0 Å². The van der Waals surface area contributed by atoms with Crippen LogP contribution in [0.25, 0.3) is 0 Å². The molecule has 1 fully saturated rings. The highest BCUT2D eigenvalue weighted by atomic mass is 16.7. The summed E-state index contributed by atoms with van der Waals surface area (Å²) in [5.41, 5.74) is 0. The Hall–Kier alpha value is -2.11. The number of esters is 1. The van der Waals surface area contributed by atoms with E-state index in [0.717, 1.165) is 64.2 Å². The zero-order valence-electron chi connectivity index (χ0n) is 44.6. The first-order valence-electron chi connectivity index (χ1n) is 28.9. The summed E-state index contributed by atoms with van der Waals surface area (Å²) in [6, 6.07) is 0. The third-order valence-electron chi connectivity index (χ3n) is 13.2. The van der Waals surface area contributed by atoms with Crippen LogP contribution >= 0.6 is 0 Å². The number of carbonyl (C=O) groups is 1. The summed E-state index contributed by atoms with van der Waals surface area (Å²) in [5.74, 6) is -0.311. The Morgan fingerprint density at radius 2 is 0.884 bits per heavy atom. The van der Waals surface area contributed by atoms with Gasteiger partial charge >= 0.3 is 5.97 Å². The fraction of sp³-hybridized carbons (Fsp3) is 0.817. The summed E-state index contributed by atoms with van der Waals surface area (Å²) in [6.07, 6.45) is 59.8. The second-order valence-corrected chi connectivity index (χ2v) is 19.7. The first-order valence-corrected chi connectivity index (χ1v) is 28.9. The number of aliphatic hydroxyl groups excluding tert-OH is 4. The fourth-order valence-electron chi connectivity index (χ4n) is 8.76. The minimum absolute atomic E-state index is 0.114. The number of hydrogen-bond acceptors (Lipinski definition) is 9. The molecule has 6 unspecified atom stereocenters. The van der Waals surface area contributed by atoms with Crippen LogP contribution in [0.5, 0.6) is 0 Å². The molecule has 1 aliphatic heterocycles. The molecule has 0 radical (unpaired) electrons. The highest BCUT2D eigenvalue weighted by Crippen LogP contribution is 2.23. The second-order valence-electron chi connectivity index (χ2n) is 19.7. The first kappa shape index (κ1) is 64.9. The monoisotopic (exact) mass is 973 g/mol. The van der Waals surface area contributed by atoms with Gasteiger partial charge in [-0.3, -0.25) is 4.79 Å². The number of aliphatic hydroxyl groups is 4. The quantitative estimate of drug-likeness (QED) is 0.0267. The average molecular weight is 974 g/mol. The van der Waals surface area contributed by atoms with E-state index in [4.69, 9.17) is 18.9 Å². The van der Waals surface area contributed by atoms with E-state index in [0.29, 0.717) is 13.0 Å². The lowest BCUT2D eigenvalue weighted by Gasteiger charge is -2.39. The zero-order chi connectivity index (χ0) is 49.9. The van der Waals surface area contributed by atoms with Crippen LogP contribution in [0.1, 0.15) is 251 Å². The topological polar surface area (TPSA) is 135 Å². The molecule has 4 N–H and O–H groups in total. The summed E-state index contributed by atoms with van der Waals surface area (Å²) in [6.45, 7) is 4.47. The molecule has 69 heavy (non-hydrogen) atoms. The van der Waals surface area contributed by atoms with E-state index in [1.807, 2.05) is 0 Å². The minimum Gasteiger partial charge on any atom is -0.457 e. The van der Waals surface area contributed by atoms with Gasteiger partial charge in [0.1, 0.15) is 30.5 Å². The Kier molecular flexibility index (Phi) is 47.8. The van der Waals surface area contributed by atoms with Crippen molar-refractivity contribution < 1.29 is 44.2 Å². The summed E-state index contributed by atoms with van der Waals surface area (Å²) >= 11 is 0. The van der Waals surface area contributed by atoms with Gasteiger partial charge in [0.25, 0.3) is 0 Å². The van der Waals surface area contributed by atoms with Gasteiger partial charge in [0.05, 0.1) is 19.8 Å². The molecule has 0 aliphatic carbocycles. The Morgan fingerprint density at radius 3 is 1.33 bits per heavy atom. The summed E-state index contributed by atoms with van der Waals surface area (Å²) in [5, 5.41) is 40.4. The third kappa shape index (κ3) is 41.1. The molecule has 0 bridgehead atoms. The predicted molar refractivity (Wildman–Crippen MR) is 288 cm³/mol. The number of allylic oxidation sites excluding steroid dienone is 10. The van der Waals surface area contributed by atoms with Crippen LogP contribution in [0.3, 0.4) is 0 Å². The SMILES string of the molecule is CC/C=C\C/C=C\C/C=C\C/C=C\C/C=C\CCCCCCCCCCCCOCC(COC1OC(CO)C(O)C(O)C1O)OC(=O)CCCCCCCCCCCCCCCCCCCCCC. The smallest absolute Gasteiger partial charge is 0.306 e. The maximum absolute atomic E-state index is 12.9. The molecule has 0 amide bonds. The van der Waals surface area contributed by atoms with Crippen LogP contribution in [0.15, 0.2) is 60.8 Å². The molecule has 6 atom stereocenters. The van der Waals surface area contributed by atoms with Gasteiger partial charge in [-0.1, -0.05) is 248 Å². The number of unbranched alkanes of at least 4 members (excludes halogenated alkanes) is 29. The van der Waals surface area contributed by atoms with Crippen molar-refractivity contribution in [2.75, 3.05) is 26.4 Å². The molecule has 0 saturated carbocycles. The molecule has 0 aromatic heterocycles. The molecule has 402 valence electrons. The molecule has 1 saturated heterocycles. The van der Waals surface area contributed by atoms with Crippen LogP contribution in [0, 0.1) is 0 Å². The third-order valence-corrected chi connectivity index (χ3v) is 13.2. The molecule has 1 aliphatic rings. The van der Waals surface area contributed by atoms with E-state index in [-0.39, 0.29) is 19.2 Å². The van der Waals surface area contributed by atoms with Gasteiger partial charge in [-0.15, -0.1) is 0 Å². The van der Waals surface area contributed by atoms with Gasteiger partial charge in [-0.2, -0.15) is 0 Å². The van der Waals surface area contributed by atoms with Crippen LogP contribution in [-0.4, -0.2) is 89.6 Å². The van der Waals surface area contributed by atoms with E-state index >= 15 is 0 Å². The molecule has 0 aromatic rings. The maximum Gasteiger partial charge on any atom is 0.306 e. The molecular formula is C60H108O9. The molecule has 0 spiro atoms. The Labute approximate surface area is 424 Å². The van der Waals surface area contributed by atoms with Crippen molar-refractivity contribution in [1.82, 2.24) is 0 Å². The van der Waals surface area contributed by atoms with Gasteiger partial charge in [0.2, 0.25) is 0 Å². The van der Waals surface area contributed by atoms with Gasteiger partial charge < -0.3 is 39.4 Å². The normalized spacial score (nSPS) is 19.4. The van der Waals surface area contributed by atoms with Crippen LogP contribution in [0.2, 0.25) is 0 Å².